The molecule has 0 amide bonds. The van der Waals surface area contributed by atoms with Crippen molar-refractivity contribution in [1.82, 2.24) is 9.66 Å². The van der Waals surface area contributed by atoms with Gasteiger partial charge in [0.1, 0.15) is 4.83 Å². The molecule has 1 aliphatic carbocycles. The van der Waals surface area contributed by atoms with Crippen LogP contribution in [-0.2, 0) is 22.9 Å². The number of thiophene rings is 1. The predicted octanol–water partition coefficient (Wildman–Crippen LogP) is 2.24. The maximum absolute atomic E-state index is 12.8. The van der Waals surface area contributed by atoms with E-state index in [9.17, 15) is 13.2 Å². The fraction of sp³-hybridized carbons (Fsp3) is 0.294. The van der Waals surface area contributed by atoms with Crippen LogP contribution in [0.15, 0.2) is 40.0 Å². The van der Waals surface area contributed by atoms with Crippen molar-refractivity contribution in [3.05, 3.63) is 51.1 Å². The number of hydrogen-bond donors (Lipinski definition) is 2. The molecule has 0 fully saturated rings. The summed E-state index contributed by atoms with van der Waals surface area (Å²) in [5.74, 6) is 5.71. The van der Waals surface area contributed by atoms with Crippen molar-refractivity contribution in [3.8, 4) is 0 Å². The summed E-state index contributed by atoms with van der Waals surface area (Å²) in [5.41, 5.74) is 0.608. The fourth-order valence-electron chi connectivity index (χ4n) is 3.24. The first kappa shape index (κ1) is 17.0. The molecule has 136 valence electrons. The monoisotopic (exact) mass is 390 g/mol. The van der Waals surface area contributed by atoms with Crippen LogP contribution in [0, 0.1) is 0 Å². The van der Waals surface area contributed by atoms with Gasteiger partial charge in [0.25, 0.3) is 15.6 Å². The molecular formula is C17H18N4O3S2. The van der Waals surface area contributed by atoms with Gasteiger partial charge in [0, 0.05) is 4.88 Å². The molecule has 2 aromatic heterocycles. The summed E-state index contributed by atoms with van der Waals surface area (Å²) in [6, 6.07) is 7.90. The Morgan fingerprint density at radius 2 is 1.85 bits per heavy atom. The van der Waals surface area contributed by atoms with Crippen LogP contribution in [0.25, 0.3) is 10.2 Å². The Labute approximate surface area is 154 Å². The molecule has 1 aromatic carbocycles. The van der Waals surface area contributed by atoms with Crippen molar-refractivity contribution >= 4 is 37.5 Å². The van der Waals surface area contributed by atoms with E-state index in [1.165, 1.54) is 23.5 Å². The lowest BCUT2D eigenvalue weighted by atomic mass is 10.1. The lowest BCUT2D eigenvalue weighted by Crippen LogP contribution is -2.32. The Bertz CT molecular complexity index is 1130. The molecule has 0 bridgehead atoms. The van der Waals surface area contributed by atoms with E-state index in [1.54, 1.807) is 18.2 Å². The van der Waals surface area contributed by atoms with E-state index in [0.29, 0.717) is 10.2 Å². The van der Waals surface area contributed by atoms with Crippen molar-refractivity contribution in [2.45, 2.75) is 37.0 Å². The van der Waals surface area contributed by atoms with Gasteiger partial charge in [0.15, 0.2) is 0 Å². The molecule has 0 aliphatic heterocycles. The third kappa shape index (κ3) is 2.86. The Hall–Kier alpha value is -2.39. The Kier molecular flexibility index (Phi) is 4.20. The first-order valence-electron chi connectivity index (χ1n) is 8.37. The van der Waals surface area contributed by atoms with Crippen molar-refractivity contribution in [3.63, 3.8) is 0 Å². The summed E-state index contributed by atoms with van der Waals surface area (Å²) >= 11 is 1.46. The van der Waals surface area contributed by atoms with Gasteiger partial charge in [-0.05, 0) is 43.4 Å². The van der Waals surface area contributed by atoms with Gasteiger partial charge in [-0.25, -0.2) is 18.1 Å². The van der Waals surface area contributed by atoms with Gasteiger partial charge in [-0.3, -0.25) is 4.79 Å². The Balaban J connectivity index is 1.82. The van der Waals surface area contributed by atoms with E-state index in [-0.39, 0.29) is 10.8 Å². The van der Waals surface area contributed by atoms with Crippen LogP contribution >= 0.6 is 11.3 Å². The summed E-state index contributed by atoms with van der Waals surface area (Å²) in [7, 11) is -3.88. The molecular weight excluding hydrogens is 372 g/mol. The van der Waals surface area contributed by atoms with Gasteiger partial charge in [-0.2, -0.15) is 4.68 Å². The van der Waals surface area contributed by atoms with E-state index < -0.39 is 15.6 Å². The first-order valence-corrected chi connectivity index (χ1v) is 10.7. The summed E-state index contributed by atoms with van der Waals surface area (Å²) in [6.45, 7) is 0. The first-order chi connectivity index (χ1) is 12.5. The SMILES string of the molecule is Nn1c(NS(=O)(=O)c2ccccc2)nc2sc3c(c2c1=O)CCCCC3. The highest BCUT2D eigenvalue weighted by Gasteiger charge is 2.23. The number of nitrogens with zero attached hydrogens (tertiary/aromatic N) is 2. The largest absolute Gasteiger partial charge is 0.333 e. The number of hydrogen-bond acceptors (Lipinski definition) is 6. The Morgan fingerprint density at radius 3 is 2.62 bits per heavy atom. The number of fused-ring (bicyclic) bond motifs is 3. The highest BCUT2D eigenvalue weighted by molar-refractivity contribution is 7.92. The second-order valence-corrected chi connectivity index (χ2v) is 9.04. The molecule has 0 saturated heterocycles. The van der Waals surface area contributed by atoms with Gasteiger partial charge in [-0.1, -0.05) is 24.6 Å². The number of aryl methyl sites for hydroxylation is 2. The van der Waals surface area contributed by atoms with Crippen LogP contribution in [-0.4, -0.2) is 18.1 Å². The van der Waals surface area contributed by atoms with E-state index in [4.69, 9.17) is 5.84 Å². The van der Waals surface area contributed by atoms with Crippen LogP contribution in [0.4, 0.5) is 5.95 Å². The molecule has 0 spiro atoms. The molecule has 2 heterocycles. The summed E-state index contributed by atoms with van der Waals surface area (Å²) in [5, 5.41) is 0.525. The summed E-state index contributed by atoms with van der Waals surface area (Å²) in [4.78, 5) is 18.9. The fourth-order valence-corrected chi connectivity index (χ4v) is 5.51. The molecule has 9 heteroatoms. The van der Waals surface area contributed by atoms with Crippen molar-refractivity contribution in [2.24, 2.45) is 0 Å². The van der Waals surface area contributed by atoms with Crippen LogP contribution < -0.4 is 16.1 Å². The maximum Gasteiger partial charge on any atom is 0.282 e. The molecule has 0 unspecified atom stereocenters. The van der Waals surface area contributed by atoms with Crippen molar-refractivity contribution in [1.29, 1.82) is 0 Å². The quantitative estimate of drug-likeness (QED) is 0.527. The maximum atomic E-state index is 12.8. The number of sulfonamides is 1. The number of anilines is 1. The lowest BCUT2D eigenvalue weighted by molar-refractivity contribution is 0.600. The predicted molar refractivity (Wildman–Crippen MR) is 103 cm³/mol. The number of nitrogens with one attached hydrogen (secondary N) is 1. The highest BCUT2D eigenvalue weighted by Crippen LogP contribution is 2.33. The third-order valence-electron chi connectivity index (χ3n) is 4.55. The molecule has 7 nitrogen and oxygen atoms in total. The van der Waals surface area contributed by atoms with Crippen LogP contribution in [0.2, 0.25) is 0 Å². The highest BCUT2D eigenvalue weighted by atomic mass is 32.2. The van der Waals surface area contributed by atoms with E-state index in [1.807, 2.05) is 0 Å². The van der Waals surface area contributed by atoms with Crippen LogP contribution in [0.1, 0.15) is 29.7 Å². The van der Waals surface area contributed by atoms with Gasteiger partial charge in [0.2, 0.25) is 5.95 Å². The van der Waals surface area contributed by atoms with E-state index >= 15 is 0 Å². The summed E-state index contributed by atoms with van der Waals surface area (Å²) in [6.07, 6.45) is 5.02. The van der Waals surface area contributed by atoms with Gasteiger partial charge >= 0.3 is 0 Å². The minimum Gasteiger partial charge on any atom is -0.333 e. The van der Waals surface area contributed by atoms with Gasteiger partial charge in [0.05, 0.1) is 10.3 Å². The van der Waals surface area contributed by atoms with E-state index in [0.717, 1.165) is 47.2 Å². The molecule has 0 radical (unpaired) electrons. The smallest absolute Gasteiger partial charge is 0.282 e. The van der Waals surface area contributed by atoms with E-state index in [2.05, 4.69) is 9.71 Å². The second-order valence-electron chi connectivity index (χ2n) is 6.27. The number of nitrogen functional groups attached to an aromatic ring is 1. The zero-order valence-electron chi connectivity index (χ0n) is 13.9. The van der Waals surface area contributed by atoms with Crippen LogP contribution in [0.5, 0.6) is 0 Å². The molecule has 3 aromatic rings. The lowest BCUT2D eigenvalue weighted by Gasteiger charge is -2.10. The van der Waals surface area contributed by atoms with Gasteiger partial charge in [-0.15, -0.1) is 11.3 Å². The molecule has 0 atom stereocenters. The number of aromatic nitrogens is 2. The average molecular weight is 390 g/mol. The zero-order chi connectivity index (χ0) is 18.3. The molecule has 1 aliphatic rings. The Morgan fingerprint density at radius 1 is 1.12 bits per heavy atom. The number of nitrogens with two attached hydrogens (primary N) is 1. The second kappa shape index (κ2) is 6.40. The number of rotatable bonds is 3. The molecule has 4 rings (SSSR count). The number of benzene rings is 1. The third-order valence-corrected chi connectivity index (χ3v) is 7.08. The molecule has 0 saturated carbocycles. The topological polar surface area (TPSA) is 107 Å². The minimum atomic E-state index is -3.88. The van der Waals surface area contributed by atoms with Gasteiger partial charge < -0.3 is 5.84 Å². The van der Waals surface area contributed by atoms with Crippen molar-refractivity contribution in [2.75, 3.05) is 10.6 Å². The minimum absolute atomic E-state index is 0.0799. The molecule has 3 N–H and O–H groups in total. The molecule has 26 heavy (non-hydrogen) atoms. The standard InChI is InChI=1S/C17H18N4O3S2/c18-21-16(22)14-12-9-5-2-6-10-13(12)25-15(14)19-17(21)20-26(23,24)11-7-3-1-4-8-11/h1,3-4,7-8H,2,5-6,9-10,18H2,(H,19,20). The van der Waals surface area contributed by atoms with Crippen molar-refractivity contribution < 1.29 is 8.42 Å². The summed E-state index contributed by atoms with van der Waals surface area (Å²) < 4.78 is 28.2. The average Bonchev–Trinajstić information content (AvgIpc) is 2.81. The normalized spacial score (nSPS) is 14.8. The van der Waals surface area contributed by atoms with Crippen LogP contribution in [0.3, 0.4) is 0 Å². The zero-order valence-corrected chi connectivity index (χ0v) is 15.6.